The van der Waals surface area contributed by atoms with E-state index in [9.17, 15) is 0 Å². The Labute approximate surface area is 110 Å². The van der Waals surface area contributed by atoms with Gasteiger partial charge in [0.25, 0.3) is 0 Å². The first-order valence-corrected chi connectivity index (χ1v) is 6.37. The molecular weight excluding hydrogens is 230 g/mol. The van der Waals surface area contributed by atoms with Crippen LogP contribution in [0.3, 0.4) is 0 Å². The highest BCUT2D eigenvalue weighted by Gasteiger charge is 2.10. The number of rotatable bonds is 7. The molecule has 0 radical (unpaired) electrons. The molecule has 104 valence electrons. The molecule has 4 nitrogen and oxygen atoms in total. The molecular formula is C14H25NO3. The van der Waals surface area contributed by atoms with E-state index in [-0.39, 0.29) is 5.60 Å². The zero-order chi connectivity index (χ0) is 13.6. The first kappa shape index (κ1) is 15.2. The Balaban J connectivity index is 2.25. The molecule has 0 fully saturated rings. The molecule has 0 aliphatic rings. The number of aryl methyl sites for hydroxylation is 1. The monoisotopic (exact) mass is 255 g/mol. The van der Waals surface area contributed by atoms with Gasteiger partial charge in [0, 0.05) is 12.1 Å². The molecule has 0 aliphatic heterocycles. The Morgan fingerprint density at radius 2 is 2.00 bits per heavy atom. The summed E-state index contributed by atoms with van der Waals surface area (Å²) >= 11 is 0. The van der Waals surface area contributed by atoms with Crippen molar-refractivity contribution in [2.75, 3.05) is 20.3 Å². The second-order valence-corrected chi connectivity index (χ2v) is 5.34. The molecule has 1 N–H and O–H groups in total. The maximum Gasteiger partial charge on any atom is 0.130 e. The van der Waals surface area contributed by atoms with Crippen molar-refractivity contribution in [3.8, 4) is 0 Å². The van der Waals surface area contributed by atoms with Crippen molar-refractivity contribution in [1.82, 2.24) is 5.32 Å². The van der Waals surface area contributed by atoms with E-state index >= 15 is 0 Å². The lowest BCUT2D eigenvalue weighted by molar-refractivity contribution is -0.0395. The Morgan fingerprint density at radius 3 is 2.61 bits per heavy atom. The van der Waals surface area contributed by atoms with Gasteiger partial charge in [0.2, 0.25) is 0 Å². The minimum absolute atomic E-state index is 0.107. The molecule has 0 unspecified atom stereocenters. The molecule has 0 bridgehead atoms. The lowest BCUT2D eigenvalue weighted by atomic mass is 10.2. The molecule has 0 atom stereocenters. The van der Waals surface area contributed by atoms with Crippen LogP contribution in [0, 0.1) is 6.92 Å². The maximum atomic E-state index is 5.61. The average Bonchev–Trinajstić information content (AvgIpc) is 2.58. The molecule has 0 amide bonds. The standard InChI is InChI=1S/C14H25NO3/c1-11-12(9-15-5)8-13(18-11)10-16-6-7-17-14(2,3)4/h8,15H,6-7,9-10H2,1-5H3. The Hall–Kier alpha value is -0.840. The van der Waals surface area contributed by atoms with Crippen molar-refractivity contribution in [3.63, 3.8) is 0 Å². The summed E-state index contributed by atoms with van der Waals surface area (Å²) in [7, 11) is 1.92. The number of furan rings is 1. The predicted octanol–water partition coefficient (Wildman–Crippen LogP) is 2.64. The third kappa shape index (κ3) is 5.67. The smallest absolute Gasteiger partial charge is 0.130 e. The summed E-state index contributed by atoms with van der Waals surface area (Å²) in [5.41, 5.74) is 1.08. The van der Waals surface area contributed by atoms with E-state index in [1.807, 2.05) is 40.8 Å². The molecule has 0 saturated heterocycles. The van der Waals surface area contributed by atoms with Gasteiger partial charge in [-0.1, -0.05) is 0 Å². The van der Waals surface area contributed by atoms with Crippen molar-refractivity contribution >= 4 is 0 Å². The molecule has 0 aromatic carbocycles. The maximum absolute atomic E-state index is 5.61. The molecule has 4 heteroatoms. The van der Waals surface area contributed by atoms with Gasteiger partial charge in [-0.25, -0.2) is 0 Å². The minimum atomic E-state index is -0.107. The summed E-state index contributed by atoms with van der Waals surface area (Å²) in [5.74, 6) is 1.82. The first-order valence-electron chi connectivity index (χ1n) is 6.37. The van der Waals surface area contributed by atoms with Crippen LogP contribution < -0.4 is 5.32 Å². The molecule has 0 aliphatic carbocycles. The van der Waals surface area contributed by atoms with Crippen LogP contribution in [0.25, 0.3) is 0 Å². The highest BCUT2D eigenvalue weighted by atomic mass is 16.5. The first-order chi connectivity index (χ1) is 8.42. The third-order valence-corrected chi connectivity index (χ3v) is 2.45. The van der Waals surface area contributed by atoms with Crippen molar-refractivity contribution in [3.05, 3.63) is 23.2 Å². The van der Waals surface area contributed by atoms with Crippen molar-refractivity contribution < 1.29 is 13.9 Å². The summed E-state index contributed by atoms with van der Waals surface area (Å²) in [4.78, 5) is 0. The zero-order valence-electron chi connectivity index (χ0n) is 12.1. The predicted molar refractivity (Wildman–Crippen MR) is 71.6 cm³/mol. The van der Waals surface area contributed by atoms with E-state index in [1.54, 1.807) is 0 Å². The van der Waals surface area contributed by atoms with Gasteiger partial charge in [-0.2, -0.15) is 0 Å². The van der Waals surface area contributed by atoms with Gasteiger partial charge in [0.1, 0.15) is 18.1 Å². The van der Waals surface area contributed by atoms with Gasteiger partial charge < -0.3 is 19.2 Å². The fourth-order valence-corrected chi connectivity index (χ4v) is 1.60. The molecule has 1 heterocycles. The second kappa shape index (κ2) is 6.92. The van der Waals surface area contributed by atoms with Crippen LogP contribution in [-0.4, -0.2) is 25.9 Å². The van der Waals surface area contributed by atoms with E-state index in [2.05, 4.69) is 5.32 Å². The largest absolute Gasteiger partial charge is 0.464 e. The van der Waals surface area contributed by atoms with Crippen LogP contribution >= 0.6 is 0 Å². The summed E-state index contributed by atoms with van der Waals surface area (Å²) in [6, 6.07) is 2.04. The van der Waals surface area contributed by atoms with Crippen molar-refractivity contribution in [1.29, 1.82) is 0 Å². The summed E-state index contributed by atoms with van der Waals surface area (Å²) in [6.07, 6.45) is 0. The van der Waals surface area contributed by atoms with Crippen molar-refractivity contribution in [2.45, 2.75) is 46.4 Å². The van der Waals surface area contributed by atoms with Gasteiger partial charge >= 0.3 is 0 Å². The van der Waals surface area contributed by atoms with Crippen LogP contribution in [0.1, 0.15) is 37.9 Å². The summed E-state index contributed by atoms with van der Waals surface area (Å²) in [5, 5.41) is 3.11. The third-order valence-electron chi connectivity index (χ3n) is 2.45. The quantitative estimate of drug-likeness (QED) is 0.761. The molecule has 0 spiro atoms. The van der Waals surface area contributed by atoms with Crippen molar-refractivity contribution in [2.24, 2.45) is 0 Å². The summed E-state index contributed by atoms with van der Waals surface area (Å²) < 4.78 is 16.7. The van der Waals surface area contributed by atoms with Gasteiger partial charge in [-0.15, -0.1) is 0 Å². The second-order valence-electron chi connectivity index (χ2n) is 5.34. The Bertz CT molecular complexity index is 352. The van der Waals surface area contributed by atoms with E-state index in [1.165, 1.54) is 5.56 Å². The van der Waals surface area contributed by atoms with Gasteiger partial charge in [-0.05, 0) is 40.8 Å². The molecule has 0 saturated carbocycles. The van der Waals surface area contributed by atoms with E-state index in [0.29, 0.717) is 19.8 Å². The van der Waals surface area contributed by atoms with E-state index in [0.717, 1.165) is 18.1 Å². The number of hydrogen-bond acceptors (Lipinski definition) is 4. The lowest BCUT2D eigenvalue weighted by Gasteiger charge is -2.19. The van der Waals surface area contributed by atoms with Crippen LogP contribution in [-0.2, 0) is 22.6 Å². The van der Waals surface area contributed by atoms with E-state index < -0.39 is 0 Å². The van der Waals surface area contributed by atoms with Crippen LogP contribution in [0.2, 0.25) is 0 Å². The number of hydrogen-bond donors (Lipinski definition) is 1. The van der Waals surface area contributed by atoms with Crippen LogP contribution in [0.4, 0.5) is 0 Å². The summed E-state index contributed by atoms with van der Waals surface area (Å²) in [6.45, 7) is 10.6. The number of ether oxygens (including phenoxy) is 2. The van der Waals surface area contributed by atoms with Gasteiger partial charge in [0.15, 0.2) is 0 Å². The highest BCUT2D eigenvalue weighted by molar-refractivity contribution is 5.20. The molecule has 1 aromatic heterocycles. The topological polar surface area (TPSA) is 43.6 Å². The normalized spacial score (nSPS) is 12.1. The Morgan fingerprint density at radius 1 is 1.28 bits per heavy atom. The molecule has 18 heavy (non-hydrogen) atoms. The van der Waals surface area contributed by atoms with Crippen LogP contribution in [0.5, 0.6) is 0 Å². The minimum Gasteiger partial charge on any atom is -0.464 e. The molecule has 1 aromatic rings. The van der Waals surface area contributed by atoms with Crippen LogP contribution in [0.15, 0.2) is 10.5 Å². The Kier molecular flexibility index (Phi) is 5.85. The fraction of sp³-hybridized carbons (Fsp3) is 0.714. The van der Waals surface area contributed by atoms with E-state index in [4.69, 9.17) is 13.9 Å². The highest BCUT2D eigenvalue weighted by Crippen LogP contribution is 2.15. The lowest BCUT2D eigenvalue weighted by Crippen LogP contribution is -2.21. The SMILES string of the molecule is CNCc1cc(COCCOC(C)(C)C)oc1C. The average molecular weight is 255 g/mol. The van der Waals surface area contributed by atoms with Gasteiger partial charge in [-0.3, -0.25) is 0 Å². The van der Waals surface area contributed by atoms with Gasteiger partial charge in [0.05, 0.1) is 18.8 Å². The molecule has 1 rings (SSSR count). The zero-order valence-corrected chi connectivity index (χ0v) is 12.1. The number of nitrogens with one attached hydrogen (secondary N) is 1. The fourth-order valence-electron chi connectivity index (χ4n) is 1.60.